The first-order valence-electron chi connectivity index (χ1n) is 4.57. The number of benzene rings is 1. The van der Waals surface area contributed by atoms with Crippen molar-refractivity contribution in [3.8, 4) is 0 Å². The fraction of sp³-hybridized carbons (Fsp3) is 0.364. The summed E-state index contributed by atoms with van der Waals surface area (Å²) in [7, 11) is 0. The minimum Gasteiger partial charge on any atom is -0.477 e. The van der Waals surface area contributed by atoms with E-state index in [0.717, 1.165) is 17.7 Å². The molecule has 4 heteroatoms. The number of rotatable bonds is 3. The van der Waals surface area contributed by atoms with Gasteiger partial charge in [0.05, 0.1) is 0 Å². The van der Waals surface area contributed by atoms with Crippen LogP contribution in [0.1, 0.15) is 30.9 Å². The zero-order chi connectivity index (χ0) is 11.6. The number of halogens is 2. The van der Waals surface area contributed by atoms with Gasteiger partial charge in [0.1, 0.15) is 0 Å². The van der Waals surface area contributed by atoms with Gasteiger partial charge < -0.3 is 5.11 Å². The van der Waals surface area contributed by atoms with Crippen LogP contribution in [0.25, 0.3) is 0 Å². The molecule has 0 radical (unpaired) electrons. The summed E-state index contributed by atoms with van der Waals surface area (Å²) in [5.74, 6) is -5.70. The molecule has 0 amide bonds. The van der Waals surface area contributed by atoms with Crippen molar-refractivity contribution in [1.29, 1.82) is 0 Å². The number of carbonyl (C=O) groups is 1. The number of carboxylic acids is 1. The molecule has 2 nitrogen and oxygen atoms in total. The average molecular weight is 214 g/mol. The molecule has 0 unspecified atom stereocenters. The van der Waals surface area contributed by atoms with Crippen molar-refractivity contribution in [1.82, 2.24) is 0 Å². The number of hydrogen-bond acceptors (Lipinski definition) is 1. The van der Waals surface area contributed by atoms with Crippen LogP contribution in [-0.2, 0) is 10.7 Å². The highest BCUT2D eigenvalue weighted by Crippen LogP contribution is 2.29. The van der Waals surface area contributed by atoms with Gasteiger partial charge in [0.2, 0.25) is 0 Å². The summed E-state index contributed by atoms with van der Waals surface area (Å²) in [6.07, 6.45) is 0. The Morgan fingerprint density at radius 1 is 1.27 bits per heavy atom. The van der Waals surface area contributed by atoms with E-state index in [1.165, 1.54) is 12.1 Å². The van der Waals surface area contributed by atoms with Gasteiger partial charge >= 0.3 is 11.9 Å². The molecular formula is C11H12F2O2. The average Bonchev–Trinajstić information content (AvgIpc) is 2.17. The molecule has 1 aromatic rings. The van der Waals surface area contributed by atoms with Crippen molar-refractivity contribution in [2.75, 3.05) is 0 Å². The highest BCUT2D eigenvalue weighted by molar-refractivity contribution is 5.77. The Bertz CT molecular complexity index is 355. The second-order valence-corrected chi connectivity index (χ2v) is 3.66. The highest BCUT2D eigenvalue weighted by Gasteiger charge is 2.40. The zero-order valence-corrected chi connectivity index (χ0v) is 8.50. The molecule has 1 aromatic carbocycles. The lowest BCUT2D eigenvalue weighted by molar-refractivity contribution is -0.166. The first-order chi connectivity index (χ1) is 6.85. The van der Waals surface area contributed by atoms with Crippen LogP contribution >= 0.6 is 0 Å². The lowest BCUT2D eigenvalue weighted by Gasteiger charge is -2.12. The molecule has 0 saturated heterocycles. The standard InChI is InChI=1S/C11H12F2O2/c1-7(2)8-3-5-9(6-4-8)11(12,13)10(14)15/h3-7H,1-2H3,(H,14,15). The summed E-state index contributed by atoms with van der Waals surface area (Å²) in [6, 6.07) is 5.36. The lowest BCUT2D eigenvalue weighted by atomic mass is 10.00. The molecule has 0 aliphatic rings. The Hall–Kier alpha value is -1.45. The Labute approximate surface area is 86.5 Å². The van der Waals surface area contributed by atoms with E-state index in [1.807, 2.05) is 13.8 Å². The van der Waals surface area contributed by atoms with Crippen molar-refractivity contribution in [2.45, 2.75) is 25.7 Å². The van der Waals surface area contributed by atoms with Crippen molar-refractivity contribution in [2.24, 2.45) is 0 Å². The molecule has 0 aliphatic carbocycles. The normalized spacial score (nSPS) is 11.8. The van der Waals surface area contributed by atoms with Crippen molar-refractivity contribution >= 4 is 5.97 Å². The first kappa shape index (κ1) is 11.6. The first-order valence-corrected chi connectivity index (χ1v) is 4.57. The van der Waals surface area contributed by atoms with Crippen LogP contribution in [-0.4, -0.2) is 11.1 Å². The largest absolute Gasteiger partial charge is 0.477 e. The minimum atomic E-state index is -3.81. The Balaban J connectivity index is 3.04. The van der Waals surface area contributed by atoms with Gasteiger partial charge in [-0.1, -0.05) is 38.1 Å². The van der Waals surface area contributed by atoms with Crippen molar-refractivity contribution in [3.05, 3.63) is 35.4 Å². The van der Waals surface area contributed by atoms with Gasteiger partial charge in [-0.15, -0.1) is 0 Å². The Kier molecular flexibility index (Phi) is 3.07. The molecule has 0 bridgehead atoms. The fourth-order valence-electron chi connectivity index (χ4n) is 1.20. The fourth-order valence-corrected chi connectivity index (χ4v) is 1.20. The van der Waals surface area contributed by atoms with Crippen LogP contribution in [0.4, 0.5) is 8.78 Å². The predicted octanol–water partition coefficient (Wildman–Crippen LogP) is 2.99. The second kappa shape index (κ2) is 3.96. The second-order valence-electron chi connectivity index (χ2n) is 3.66. The van der Waals surface area contributed by atoms with Crippen LogP contribution in [0.5, 0.6) is 0 Å². The smallest absolute Gasteiger partial charge is 0.379 e. The summed E-state index contributed by atoms with van der Waals surface area (Å²) in [5.41, 5.74) is 0.416. The molecule has 0 aromatic heterocycles. The SMILES string of the molecule is CC(C)c1ccc(C(F)(F)C(=O)O)cc1. The van der Waals surface area contributed by atoms with Crippen LogP contribution in [0, 0.1) is 0 Å². The third-order valence-corrected chi connectivity index (χ3v) is 2.21. The summed E-state index contributed by atoms with van der Waals surface area (Å²) in [4.78, 5) is 10.3. The molecular weight excluding hydrogens is 202 g/mol. The van der Waals surface area contributed by atoms with E-state index < -0.39 is 17.5 Å². The lowest BCUT2D eigenvalue weighted by Crippen LogP contribution is -2.25. The third kappa shape index (κ3) is 2.32. The maximum Gasteiger partial charge on any atom is 0.379 e. The van der Waals surface area contributed by atoms with E-state index in [-0.39, 0.29) is 5.92 Å². The maximum atomic E-state index is 13.0. The third-order valence-electron chi connectivity index (χ3n) is 2.21. The van der Waals surface area contributed by atoms with E-state index in [9.17, 15) is 13.6 Å². The van der Waals surface area contributed by atoms with E-state index in [0.29, 0.717) is 0 Å². The molecule has 0 atom stereocenters. The molecule has 1 rings (SSSR count). The predicted molar refractivity (Wildman–Crippen MR) is 52.1 cm³/mol. The van der Waals surface area contributed by atoms with Gasteiger partial charge in [0.25, 0.3) is 0 Å². The van der Waals surface area contributed by atoms with Gasteiger partial charge in [-0.25, -0.2) is 4.79 Å². The summed E-state index contributed by atoms with van der Waals surface area (Å²) in [6.45, 7) is 3.87. The molecule has 0 fully saturated rings. The summed E-state index contributed by atoms with van der Waals surface area (Å²) in [5, 5.41) is 8.32. The molecule has 1 N–H and O–H groups in total. The van der Waals surface area contributed by atoms with E-state index >= 15 is 0 Å². The van der Waals surface area contributed by atoms with Gasteiger partial charge in [0, 0.05) is 5.56 Å². The number of aliphatic carboxylic acids is 1. The van der Waals surface area contributed by atoms with Crippen LogP contribution in [0.15, 0.2) is 24.3 Å². The van der Waals surface area contributed by atoms with E-state index in [2.05, 4.69) is 0 Å². The summed E-state index contributed by atoms with van der Waals surface area (Å²) < 4.78 is 26.0. The Morgan fingerprint density at radius 3 is 2.07 bits per heavy atom. The van der Waals surface area contributed by atoms with Crippen molar-refractivity contribution < 1.29 is 18.7 Å². The number of carboxylic acid groups (broad SMARTS) is 1. The molecule has 15 heavy (non-hydrogen) atoms. The van der Waals surface area contributed by atoms with Crippen molar-refractivity contribution in [3.63, 3.8) is 0 Å². The number of hydrogen-bond donors (Lipinski definition) is 1. The van der Waals surface area contributed by atoms with Gasteiger partial charge in [-0.2, -0.15) is 8.78 Å². The molecule has 0 heterocycles. The van der Waals surface area contributed by atoms with Gasteiger partial charge in [0.15, 0.2) is 0 Å². The van der Waals surface area contributed by atoms with Gasteiger partial charge in [-0.3, -0.25) is 0 Å². The van der Waals surface area contributed by atoms with Crippen LogP contribution < -0.4 is 0 Å². The summed E-state index contributed by atoms with van der Waals surface area (Å²) >= 11 is 0. The van der Waals surface area contributed by atoms with Crippen LogP contribution in [0.2, 0.25) is 0 Å². The number of alkyl halides is 2. The zero-order valence-electron chi connectivity index (χ0n) is 8.50. The topological polar surface area (TPSA) is 37.3 Å². The van der Waals surface area contributed by atoms with Crippen LogP contribution in [0.3, 0.4) is 0 Å². The molecule has 0 saturated carbocycles. The monoisotopic (exact) mass is 214 g/mol. The van der Waals surface area contributed by atoms with E-state index in [4.69, 9.17) is 5.11 Å². The highest BCUT2D eigenvalue weighted by atomic mass is 19.3. The van der Waals surface area contributed by atoms with Gasteiger partial charge in [-0.05, 0) is 11.5 Å². The Morgan fingerprint density at radius 2 is 1.73 bits per heavy atom. The minimum absolute atomic E-state index is 0.234. The quantitative estimate of drug-likeness (QED) is 0.839. The molecule has 0 spiro atoms. The maximum absolute atomic E-state index is 13.0. The molecule has 82 valence electrons. The van der Waals surface area contributed by atoms with E-state index in [1.54, 1.807) is 0 Å². The molecule has 0 aliphatic heterocycles.